The molecule has 0 aromatic heterocycles. The average molecular weight is 509 g/mol. The number of carbonyl (C=O) groups excluding carboxylic acids is 2. The van der Waals surface area contributed by atoms with Gasteiger partial charge in [0.2, 0.25) is 0 Å². The first-order chi connectivity index (χ1) is 18.2. The maximum atomic E-state index is 13.2. The van der Waals surface area contributed by atoms with Crippen LogP contribution in [0.25, 0.3) is 5.57 Å². The number of fused-ring (bicyclic) bond motifs is 3. The Hall–Kier alpha value is -3.66. The summed E-state index contributed by atoms with van der Waals surface area (Å²) in [7, 11) is 0. The summed E-state index contributed by atoms with van der Waals surface area (Å²) in [5, 5.41) is 0. The van der Waals surface area contributed by atoms with Crippen molar-refractivity contribution in [2.24, 2.45) is 11.3 Å². The normalized spacial score (nSPS) is 26.0. The minimum atomic E-state index is -0.391. The first-order valence-corrected chi connectivity index (χ1v) is 13.5. The summed E-state index contributed by atoms with van der Waals surface area (Å²) < 4.78 is 12.2. The van der Waals surface area contributed by atoms with Gasteiger partial charge in [0.05, 0.1) is 17.7 Å². The number of hydrogen-bond donors (Lipinski definition) is 0. The number of rotatable bonds is 6. The van der Waals surface area contributed by atoms with E-state index in [9.17, 15) is 9.59 Å². The molecule has 0 unspecified atom stereocenters. The third-order valence-electron chi connectivity index (χ3n) is 8.81. The van der Waals surface area contributed by atoms with E-state index in [0.29, 0.717) is 24.2 Å². The summed E-state index contributed by atoms with van der Waals surface area (Å²) in [4.78, 5) is 26.0. The van der Waals surface area contributed by atoms with Crippen LogP contribution in [0.1, 0.15) is 90.0 Å². The van der Waals surface area contributed by atoms with Crippen LogP contribution in [0.5, 0.6) is 0 Å². The summed E-state index contributed by atoms with van der Waals surface area (Å²) in [6.45, 7) is 11.0. The van der Waals surface area contributed by atoms with E-state index in [4.69, 9.17) is 9.47 Å². The Kier molecular flexibility index (Phi) is 7.00. The third-order valence-corrected chi connectivity index (χ3v) is 8.81. The van der Waals surface area contributed by atoms with E-state index < -0.39 is 6.10 Å². The monoisotopic (exact) mass is 508 g/mol. The molecule has 3 aromatic carbocycles. The van der Waals surface area contributed by atoms with E-state index in [1.807, 2.05) is 43.3 Å². The molecule has 0 amide bonds. The fourth-order valence-electron chi connectivity index (χ4n) is 6.74. The number of allylic oxidation sites excluding steroid dienone is 1. The second kappa shape index (κ2) is 10.2. The summed E-state index contributed by atoms with van der Waals surface area (Å²) in [6, 6.07) is 24.8. The molecule has 1 fully saturated rings. The lowest BCUT2D eigenvalue weighted by atomic mass is 9.49. The van der Waals surface area contributed by atoms with Gasteiger partial charge in [-0.15, -0.1) is 0 Å². The SMILES string of the molecule is C=C(C)c1ccc2c(c1)[C@@H](OC(=O)c1ccccc1)C[C@H]1[C@](C)(COC(=O)c3ccccc3)CCC[C@]21C. The number of hydrogen-bond acceptors (Lipinski definition) is 4. The van der Waals surface area contributed by atoms with Crippen molar-refractivity contribution in [3.05, 3.63) is 113 Å². The van der Waals surface area contributed by atoms with Crippen LogP contribution >= 0.6 is 0 Å². The lowest BCUT2D eigenvalue weighted by molar-refractivity contribution is -0.0597. The molecule has 0 saturated heterocycles. The zero-order chi connectivity index (χ0) is 26.9. The fraction of sp³-hybridized carbons (Fsp3) is 0.353. The first-order valence-electron chi connectivity index (χ1n) is 13.5. The molecule has 4 atom stereocenters. The highest BCUT2D eigenvalue weighted by Gasteiger charge is 2.55. The highest BCUT2D eigenvalue weighted by molar-refractivity contribution is 5.90. The van der Waals surface area contributed by atoms with E-state index >= 15 is 0 Å². The van der Waals surface area contributed by atoms with E-state index in [2.05, 4.69) is 38.6 Å². The summed E-state index contributed by atoms with van der Waals surface area (Å²) in [5.74, 6) is -0.448. The average Bonchev–Trinajstić information content (AvgIpc) is 2.93. The Morgan fingerprint density at radius 1 is 0.868 bits per heavy atom. The zero-order valence-electron chi connectivity index (χ0n) is 22.5. The molecule has 0 spiro atoms. The van der Waals surface area contributed by atoms with Gasteiger partial charge in [0.1, 0.15) is 6.10 Å². The van der Waals surface area contributed by atoms with Crippen LogP contribution in [-0.2, 0) is 14.9 Å². The van der Waals surface area contributed by atoms with Crippen LogP contribution in [0.2, 0.25) is 0 Å². The van der Waals surface area contributed by atoms with Crippen molar-refractivity contribution in [3.8, 4) is 0 Å². The zero-order valence-corrected chi connectivity index (χ0v) is 22.5. The fourth-order valence-corrected chi connectivity index (χ4v) is 6.74. The molecule has 4 nitrogen and oxygen atoms in total. The minimum absolute atomic E-state index is 0.120. The van der Waals surface area contributed by atoms with E-state index in [1.165, 1.54) is 5.56 Å². The van der Waals surface area contributed by atoms with Gasteiger partial charge in [-0.25, -0.2) is 9.59 Å². The van der Waals surface area contributed by atoms with Crippen molar-refractivity contribution in [3.63, 3.8) is 0 Å². The number of carbonyl (C=O) groups is 2. The van der Waals surface area contributed by atoms with E-state index in [0.717, 1.165) is 36.0 Å². The van der Waals surface area contributed by atoms with Gasteiger partial charge in [0.15, 0.2) is 0 Å². The molecule has 3 aromatic rings. The molecular formula is C34H36O4. The number of ether oxygens (including phenoxy) is 2. The van der Waals surface area contributed by atoms with Crippen LogP contribution in [-0.4, -0.2) is 18.5 Å². The largest absolute Gasteiger partial charge is 0.462 e. The molecule has 0 heterocycles. The molecule has 38 heavy (non-hydrogen) atoms. The Morgan fingerprint density at radius 3 is 2.13 bits per heavy atom. The highest BCUT2D eigenvalue weighted by Crippen LogP contribution is 2.60. The Morgan fingerprint density at radius 2 is 1.50 bits per heavy atom. The predicted octanol–water partition coefficient (Wildman–Crippen LogP) is 7.94. The first kappa shape index (κ1) is 26.0. The van der Waals surface area contributed by atoms with Crippen molar-refractivity contribution >= 4 is 17.5 Å². The molecule has 4 heteroatoms. The molecule has 0 radical (unpaired) electrons. The van der Waals surface area contributed by atoms with Gasteiger partial charge in [-0.2, -0.15) is 0 Å². The molecular weight excluding hydrogens is 472 g/mol. The quantitative estimate of drug-likeness (QED) is 0.317. The molecule has 2 aliphatic carbocycles. The third kappa shape index (κ3) is 4.80. The standard InChI is InChI=1S/C34H36O4/c1-23(2)26-16-17-28-27(20-26)29(38-32(36)25-14-9-6-10-15-25)21-30-33(3,18-11-19-34(28,30)4)22-37-31(35)24-12-7-5-8-13-24/h5-10,12-17,20,29-30H,1,11,18-19,21-22H2,2-4H3/t29-,30-,33-,34+/m0/s1. The van der Waals surface area contributed by atoms with Crippen molar-refractivity contribution in [1.82, 2.24) is 0 Å². The predicted molar refractivity (Wildman–Crippen MR) is 150 cm³/mol. The lowest BCUT2D eigenvalue weighted by Gasteiger charge is -2.56. The second-order valence-corrected chi connectivity index (χ2v) is 11.5. The molecule has 1 saturated carbocycles. The number of benzene rings is 3. The maximum absolute atomic E-state index is 13.2. The molecule has 2 aliphatic rings. The summed E-state index contributed by atoms with van der Waals surface area (Å²) >= 11 is 0. The van der Waals surface area contributed by atoms with Crippen LogP contribution in [0.3, 0.4) is 0 Å². The molecule has 0 aliphatic heterocycles. The summed E-state index contributed by atoms with van der Waals surface area (Å²) in [6.07, 6.45) is 3.33. The van der Waals surface area contributed by atoms with Gasteiger partial charge in [-0.3, -0.25) is 0 Å². The number of esters is 2. The smallest absolute Gasteiger partial charge is 0.338 e. The molecule has 0 N–H and O–H groups in total. The van der Waals surface area contributed by atoms with Crippen LogP contribution < -0.4 is 0 Å². The van der Waals surface area contributed by atoms with Gasteiger partial charge in [-0.05, 0) is 84.5 Å². The van der Waals surface area contributed by atoms with Crippen LogP contribution in [0.4, 0.5) is 0 Å². The topological polar surface area (TPSA) is 52.6 Å². The van der Waals surface area contributed by atoms with Gasteiger partial charge in [-0.1, -0.05) is 81.0 Å². The Balaban J connectivity index is 1.49. The van der Waals surface area contributed by atoms with Crippen LogP contribution in [0.15, 0.2) is 85.4 Å². The Labute approximate surface area is 225 Å². The lowest BCUT2D eigenvalue weighted by Crippen LogP contribution is -2.52. The van der Waals surface area contributed by atoms with Crippen LogP contribution in [0, 0.1) is 11.3 Å². The minimum Gasteiger partial charge on any atom is -0.462 e. The summed E-state index contributed by atoms with van der Waals surface area (Å²) in [5.41, 5.74) is 5.07. The van der Waals surface area contributed by atoms with Crippen molar-refractivity contribution < 1.29 is 19.1 Å². The molecule has 196 valence electrons. The van der Waals surface area contributed by atoms with Crippen molar-refractivity contribution in [2.45, 2.75) is 58.0 Å². The van der Waals surface area contributed by atoms with Gasteiger partial charge >= 0.3 is 11.9 Å². The van der Waals surface area contributed by atoms with Crippen molar-refractivity contribution in [1.29, 1.82) is 0 Å². The highest BCUT2D eigenvalue weighted by atomic mass is 16.5. The maximum Gasteiger partial charge on any atom is 0.338 e. The van der Waals surface area contributed by atoms with Gasteiger partial charge < -0.3 is 9.47 Å². The van der Waals surface area contributed by atoms with E-state index in [1.54, 1.807) is 24.3 Å². The second-order valence-electron chi connectivity index (χ2n) is 11.5. The molecule has 0 bridgehead atoms. The van der Waals surface area contributed by atoms with E-state index in [-0.39, 0.29) is 28.7 Å². The Bertz CT molecular complexity index is 1350. The molecule has 5 rings (SSSR count). The van der Waals surface area contributed by atoms with Gasteiger partial charge in [0, 0.05) is 5.41 Å². The van der Waals surface area contributed by atoms with Crippen molar-refractivity contribution in [2.75, 3.05) is 6.61 Å². The van der Waals surface area contributed by atoms with Gasteiger partial charge in [0.25, 0.3) is 0 Å².